The van der Waals surface area contributed by atoms with Crippen molar-refractivity contribution in [2.24, 2.45) is 5.73 Å². The number of aromatic nitrogens is 2. The molecule has 4 rings (SSSR count). The van der Waals surface area contributed by atoms with E-state index in [0.29, 0.717) is 18.1 Å². The van der Waals surface area contributed by atoms with Gasteiger partial charge >= 0.3 is 12.2 Å². The van der Waals surface area contributed by atoms with Gasteiger partial charge in [-0.25, -0.2) is 9.78 Å². The number of nitrogens with one attached hydrogen (secondary N) is 1. The quantitative estimate of drug-likeness (QED) is 0.646. The molecule has 32 heavy (non-hydrogen) atoms. The van der Waals surface area contributed by atoms with Crippen molar-refractivity contribution in [3.8, 4) is 11.4 Å². The molecular formula is C22H20F3N5O2. The Labute approximate surface area is 181 Å². The first-order valence-corrected chi connectivity index (χ1v) is 9.92. The Morgan fingerprint density at radius 3 is 2.34 bits per heavy atom. The number of fused-ring (bicyclic) bond motifs is 1. The number of amides is 3. The molecule has 0 radical (unpaired) electrons. The van der Waals surface area contributed by atoms with E-state index in [1.807, 2.05) is 34.9 Å². The number of carbonyl (C=O) groups is 2. The first kappa shape index (κ1) is 21.4. The molecule has 166 valence electrons. The summed E-state index contributed by atoms with van der Waals surface area (Å²) in [6.45, 7) is 0.732. The minimum Gasteiger partial charge on any atom is -0.364 e. The number of benzene rings is 2. The first-order chi connectivity index (χ1) is 15.3. The van der Waals surface area contributed by atoms with Gasteiger partial charge in [-0.1, -0.05) is 42.5 Å². The Bertz CT molecular complexity index is 1160. The first-order valence-electron chi connectivity index (χ1n) is 9.92. The van der Waals surface area contributed by atoms with Crippen LogP contribution in [-0.2, 0) is 19.1 Å². The number of alkyl halides is 3. The number of para-hydroxylation sites is 1. The van der Waals surface area contributed by atoms with Crippen molar-refractivity contribution in [3.05, 3.63) is 71.5 Å². The third kappa shape index (κ3) is 4.16. The van der Waals surface area contributed by atoms with Gasteiger partial charge in [-0.3, -0.25) is 4.79 Å². The third-order valence-electron chi connectivity index (χ3n) is 5.31. The highest BCUT2D eigenvalue weighted by atomic mass is 19.4. The molecule has 2 heterocycles. The number of urea groups is 1. The molecular weight excluding hydrogens is 423 g/mol. The van der Waals surface area contributed by atoms with E-state index < -0.39 is 23.7 Å². The normalized spacial score (nSPS) is 13.9. The molecule has 0 fully saturated rings. The molecule has 0 unspecified atom stereocenters. The summed E-state index contributed by atoms with van der Waals surface area (Å²) in [6, 6.07) is 13.4. The molecule has 0 spiro atoms. The Balaban J connectivity index is 1.59. The average Bonchev–Trinajstić information content (AvgIpc) is 2.99. The molecule has 0 bridgehead atoms. The lowest BCUT2D eigenvalue weighted by atomic mass is 10.1. The molecule has 0 saturated carbocycles. The van der Waals surface area contributed by atoms with Crippen molar-refractivity contribution in [1.29, 1.82) is 0 Å². The lowest BCUT2D eigenvalue weighted by Crippen LogP contribution is -2.37. The lowest BCUT2D eigenvalue weighted by molar-refractivity contribution is -0.136. The second kappa shape index (κ2) is 8.37. The average molecular weight is 443 g/mol. The smallest absolute Gasteiger partial charge is 0.364 e. The molecule has 2 aromatic carbocycles. The van der Waals surface area contributed by atoms with Crippen molar-refractivity contribution < 1.29 is 22.8 Å². The number of primary amides is 1. The van der Waals surface area contributed by atoms with E-state index in [0.717, 1.165) is 11.6 Å². The number of nitrogens with two attached hydrogens (primary N) is 1. The van der Waals surface area contributed by atoms with E-state index in [4.69, 9.17) is 5.73 Å². The third-order valence-corrected chi connectivity index (χ3v) is 5.31. The minimum absolute atomic E-state index is 0.133. The van der Waals surface area contributed by atoms with Crippen LogP contribution in [0.1, 0.15) is 21.7 Å². The molecule has 0 atom stereocenters. The van der Waals surface area contributed by atoms with Crippen molar-refractivity contribution in [2.75, 3.05) is 18.4 Å². The Hall–Kier alpha value is -3.82. The van der Waals surface area contributed by atoms with Crippen LogP contribution < -0.4 is 11.1 Å². The van der Waals surface area contributed by atoms with Crippen LogP contribution in [0.5, 0.6) is 0 Å². The van der Waals surface area contributed by atoms with E-state index in [9.17, 15) is 22.8 Å². The van der Waals surface area contributed by atoms with E-state index >= 15 is 0 Å². The van der Waals surface area contributed by atoms with Crippen LogP contribution >= 0.6 is 0 Å². The topological polar surface area (TPSA) is 93.2 Å². The van der Waals surface area contributed by atoms with Crippen molar-refractivity contribution in [3.63, 3.8) is 0 Å². The standard InChI is InChI=1S/C22H20F3N5O2/c23-22(24,25)15-8-4-5-9-16(15)27-21(32)29-11-10-17-18(19(26)31)28-20(30(17)13-12-29)14-6-2-1-3-7-14/h1-9H,10-13H2,(H2,26,31)(H,27,32). The Morgan fingerprint density at radius 2 is 1.66 bits per heavy atom. The van der Waals surface area contributed by atoms with Crippen LogP contribution in [0.25, 0.3) is 11.4 Å². The lowest BCUT2D eigenvalue weighted by Gasteiger charge is -2.22. The number of halogens is 3. The number of nitrogens with zero attached hydrogens (tertiary/aromatic N) is 3. The van der Waals surface area contributed by atoms with Gasteiger partial charge < -0.3 is 20.5 Å². The van der Waals surface area contributed by atoms with Gasteiger partial charge in [-0.15, -0.1) is 0 Å². The van der Waals surface area contributed by atoms with Crippen LogP contribution in [-0.4, -0.2) is 39.5 Å². The maximum atomic E-state index is 13.3. The molecule has 3 N–H and O–H groups in total. The summed E-state index contributed by atoms with van der Waals surface area (Å²) in [6.07, 6.45) is -4.31. The number of carbonyl (C=O) groups excluding carboxylic acids is 2. The fourth-order valence-electron chi connectivity index (χ4n) is 3.80. The van der Waals surface area contributed by atoms with Gasteiger partial charge in [0, 0.05) is 31.6 Å². The van der Waals surface area contributed by atoms with E-state index in [1.54, 1.807) is 0 Å². The molecule has 1 aromatic heterocycles. The predicted molar refractivity (Wildman–Crippen MR) is 112 cm³/mol. The van der Waals surface area contributed by atoms with E-state index in [1.165, 1.54) is 23.1 Å². The largest absolute Gasteiger partial charge is 0.418 e. The van der Waals surface area contributed by atoms with Gasteiger partial charge in [0.2, 0.25) is 0 Å². The number of anilines is 1. The molecule has 0 saturated heterocycles. The van der Waals surface area contributed by atoms with Crippen molar-refractivity contribution in [2.45, 2.75) is 19.1 Å². The van der Waals surface area contributed by atoms with Crippen LogP contribution in [0.4, 0.5) is 23.7 Å². The zero-order valence-corrected chi connectivity index (χ0v) is 16.9. The highest BCUT2D eigenvalue weighted by Crippen LogP contribution is 2.34. The Morgan fingerprint density at radius 1 is 0.969 bits per heavy atom. The number of hydrogen-bond acceptors (Lipinski definition) is 3. The van der Waals surface area contributed by atoms with Crippen molar-refractivity contribution >= 4 is 17.6 Å². The fourth-order valence-corrected chi connectivity index (χ4v) is 3.80. The second-order valence-corrected chi connectivity index (χ2v) is 7.32. The summed E-state index contributed by atoms with van der Waals surface area (Å²) >= 11 is 0. The highest BCUT2D eigenvalue weighted by Gasteiger charge is 2.34. The summed E-state index contributed by atoms with van der Waals surface area (Å²) in [4.78, 5) is 30.6. The fraction of sp³-hybridized carbons (Fsp3) is 0.227. The summed E-state index contributed by atoms with van der Waals surface area (Å²) < 4.78 is 41.6. The second-order valence-electron chi connectivity index (χ2n) is 7.32. The summed E-state index contributed by atoms with van der Waals surface area (Å²) in [5, 5.41) is 2.37. The Kier molecular flexibility index (Phi) is 5.60. The molecule has 7 nitrogen and oxygen atoms in total. The maximum Gasteiger partial charge on any atom is 0.418 e. The number of imidazole rings is 1. The van der Waals surface area contributed by atoms with Crippen LogP contribution in [0, 0.1) is 0 Å². The molecule has 1 aliphatic heterocycles. The van der Waals surface area contributed by atoms with Gasteiger partial charge in [0.05, 0.1) is 16.9 Å². The minimum atomic E-state index is -4.59. The van der Waals surface area contributed by atoms with E-state index in [-0.39, 0.29) is 30.9 Å². The summed E-state index contributed by atoms with van der Waals surface area (Å²) in [5.41, 5.74) is 5.82. The van der Waals surface area contributed by atoms with Gasteiger partial charge in [-0.05, 0) is 12.1 Å². The number of rotatable bonds is 3. The summed E-state index contributed by atoms with van der Waals surface area (Å²) in [5.74, 6) is -0.119. The molecule has 1 aliphatic rings. The van der Waals surface area contributed by atoms with Gasteiger partial charge in [0.15, 0.2) is 0 Å². The zero-order valence-electron chi connectivity index (χ0n) is 16.9. The maximum absolute atomic E-state index is 13.3. The van der Waals surface area contributed by atoms with Gasteiger partial charge in [0.1, 0.15) is 11.5 Å². The SMILES string of the molecule is NC(=O)c1nc(-c2ccccc2)n2c1CCN(C(=O)Nc1ccccc1C(F)(F)F)CC2. The molecule has 0 aliphatic carbocycles. The van der Waals surface area contributed by atoms with Crippen LogP contribution in [0.15, 0.2) is 54.6 Å². The highest BCUT2D eigenvalue weighted by molar-refractivity contribution is 5.93. The van der Waals surface area contributed by atoms with Crippen molar-refractivity contribution in [1.82, 2.24) is 14.5 Å². The molecule has 3 aromatic rings. The molecule has 10 heteroatoms. The van der Waals surface area contributed by atoms with Gasteiger partial charge in [-0.2, -0.15) is 13.2 Å². The monoisotopic (exact) mass is 443 g/mol. The molecule has 3 amide bonds. The van der Waals surface area contributed by atoms with Crippen LogP contribution in [0.2, 0.25) is 0 Å². The number of hydrogen-bond donors (Lipinski definition) is 2. The van der Waals surface area contributed by atoms with Gasteiger partial charge in [0.25, 0.3) is 5.91 Å². The summed E-state index contributed by atoms with van der Waals surface area (Å²) in [7, 11) is 0. The van der Waals surface area contributed by atoms with E-state index in [2.05, 4.69) is 10.3 Å². The zero-order chi connectivity index (χ0) is 22.9. The van der Waals surface area contributed by atoms with Crippen LogP contribution in [0.3, 0.4) is 0 Å². The predicted octanol–water partition coefficient (Wildman–Crippen LogP) is 3.76.